The molecule has 0 N–H and O–H groups in total. The van der Waals surface area contributed by atoms with Crippen LogP contribution in [0.25, 0.3) is 10.9 Å². The average Bonchev–Trinajstić information content (AvgIpc) is 3.04. The van der Waals surface area contributed by atoms with Crippen LogP contribution < -0.4 is 0 Å². The van der Waals surface area contributed by atoms with Crippen LogP contribution >= 0.6 is 0 Å². The highest BCUT2D eigenvalue weighted by Gasteiger charge is 2.53. The maximum atomic E-state index is 13.6. The summed E-state index contributed by atoms with van der Waals surface area (Å²) in [6, 6.07) is 2.69. The van der Waals surface area contributed by atoms with Crippen molar-refractivity contribution in [3.8, 4) is 0 Å². The number of non-ortho nitro benzene ring substituents is 1. The lowest BCUT2D eigenvalue weighted by Gasteiger charge is -2.15. The molecule has 1 aliphatic heterocycles. The zero-order valence-corrected chi connectivity index (χ0v) is 13.2. The number of epoxide rings is 1. The number of nitro benzene ring substituents is 1. The average molecular weight is 364 g/mol. The minimum atomic E-state index is -4.91. The summed E-state index contributed by atoms with van der Waals surface area (Å²) in [6.45, 7) is 1.26. The number of nitrogens with zero attached hydrogens (tertiary/aromatic N) is 2. The molecule has 2 heterocycles. The predicted molar refractivity (Wildman–Crippen MR) is 77.1 cm³/mol. The van der Waals surface area contributed by atoms with Crippen molar-refractivity contribution in [3.05, 3.63) is 39.6 Å². The number of fused-ring (bicyclic) bond motifs is 1. The second-order valence-corrected chi connectivity index (χ2v) is 7.56. The van der Waals surface area contributed by atoms with Gasteiger partial charge in [-0.3, -0.25) is 10.1 Å². The van der Waals surface area contributed by atoms with Crippen LogP contribution in [0.4, 0.5) is 18.9 Å². The molecule has 7 nitrogen and oxygen atoms in total. The van der Waals surface area contributed by atoms with E-state index in [1.807, 2.05) is 0 Å². The minimum absolute atomic E-state index is 0.0794. The zero-order valence-electron chi connectivity index (χ0n) is 12.4. The van der Waals surface area contributed by atoms with Gasteiger partial charge in [-0.25, -0.2) is 12.4 Å². The Labute approximate surface area is 133 Å². The number of rotatable bonds is 3. The van der Waals surface area contributed by atoms with Gasteiger partial charge in [-0.15, -0.1) is 0 Å². The fraction of sp³-hybridized carbons (Fsp3) is 0.385. The van der Waals surface area contributed by atoms with Crippen molar-refractivity contribution in [2.75, 3.05) is 12.9 Å². The van der Waals surface area contributed by atoms with Crippen molar-refractivity contribution in [3.63, 3.8) is 0 Å². The van der Waals surface area contributed by atoms with Crippen LogP contribution in [0.3, 0.4) is 0 Å². The third-order valence-electron chi connectivity index (χ3n) is 3.81. The van der Waals surface area contributed by atoms with Crippen LogP contribution in [0.1, 0.15) is 18.2 Å². The number of alkyl halides is 3. The summed E-state index contributed by atoms with van der Waals surface area (Å²) < 4.78 is 70.7. The van der Waals surface area contributed by atoms with Gasteiger partial charge in [0.2, 0.25) is 10.0 Å². The van der Waals surface area contributed by atoms with Crippen molar-refractivity contribution < 1.29 is 31.2 Å². The van der Waals surface area contributed by atoms with Gasteiger partial charge in [0.15, 0.2) is 0 Å². The summed E-state index contributed by atoms with van der Waals surface area (Å²) in [6.07, 6.45) is -4.14. The summed E-state index contributed by atoms with van der Waals surface area (Å²) in [5.41, 5.74) is -4.05. The highest BCUT2D eigenvalue weighted by atomic mass is 32.2. The van der Waals surface area contributed by atoms with E-state index < -0.39 is 49.1 Å². The summed E-state index contributed by atoms with van der Waals surface area (Å²) >= 11 is 0. The van der Waals surface area contributed by atoms with Crippen molar-refractivity contribution in [2.45, 2.75) is 18.7 Å². The SMILES string of the molecule is CC1(c2c(C(F)(F)F)c3cc([N+](=O)[O-])ccc3n2S(C)(=O)=O)CO1. The lowest BCUT2D eigenvalue weighted by molar-refractivity contribution is -0.384. The van der Waals surface area contributed by atoms with Gasteiger partial charge in [-0.1, -0.05) is 0 Å². The normalized spacial score (nSPS) is 21.2. The van der Waals surface area contributed by atoms with Gasteiger partial charge in [-0.05, 0) is 13.0 Å². The molecule has 1 fully saturated rings. The first-order valence-electron chi connectivity index (χ1n) is 6.61. The molecular weight excluding hydrogens is 353 g/mol. The first kappa shape index (κ1) is 16.7. The van der Waals surface area contributed by atoms with Crippen LogP contribution in [0, 0.1) is 10.1 Å². The van der Waals surface area contributed by atoms with E-state index in [0.29, 0.717) is 3.97 Å². The Kier molecular flexibility index (Phi) is 3.27. The number of hydrogen-bond donors (Lipinski definition) is 0. The van der Waals surface area contributed by atoms with E-state index in [4.69, 9.17) is 4.74 Å². The Morgan fingerprint density at radius 3 is 2.38 bits per heavy atom. The zero-order chi connectivity index (χ0) is 18.1. The Bertz CT molecular complexity index is 974. The third-order valence-corrected chi connectivity index (χ3v) is 4.85. The van der Waals surface area contributed by atoms with E-state index in [2.05, 4.69) is 0 Å². The van der Waals surface area contributed by atoms with E-state index in [0.717, 1.165) is 24.5 Å². The molecule has 11 heteroatoms. The molecular formula is C13H11F3N2O5S. The summed E-state index contributed by atoms with van der Waals surface area (Å²) in [5.74, 6) is 0. The van der Waals surface area contributed by atoms with Crippen LogP contribution in [-0.2, 0) is 26.5 Å². The lowest BCUT2D eigenvalue weighted by atomic mass is 10.0. The highest BCUT2D eigenvalue weighted by Crippen LogP contribution is 2.49. The highest BCUT2D eigenvalue weighted by molar-refractivity contribution is 7.89. The molecule has 3 rings (SSSR count). The fourth-order valence-electron chi connectivity index (χ4n) is 2.72. The quantitative estimate of drug-likeness (QED) is 0.474. The van der Waals surface area contributed by atoms with Gasteiger partial charge in [-0.2, -0.15) is 13.2 Å². The molecule has 1 atom stereocenters. The predicted octanol–water partition coefficient (Wildman–Crippen LogP) is 2.62. The second-order valence-electron chi connectivity index (χ2n) is 5.73. The molecule has 0 saturated carbocycles. The number of nitro groups is 1. The number of hydrogen-bond acceptors (Lipinski definition) is 5. The maximum Gasteiger partial charge on any atom is 0.418 e. The van der Waals surface area contributed by atoms with Crippen molar-refractivity contribution in [1.29, 1.82) is 0 Å². The molecule has 1 saturated heterocycles. The van der Waals surface area contributed by atoms with Crippen molar-refractivity contribution in [2.24, 2.45) is 0 Å². The topological polar surface area (TPSA) is 94.7 Å². The van der Waals surface area contributed by atoms with Gasteiger partial charge in [0, 0.05) is 17.5 Å². The van der Waals surface area contributed by atoms with Crippen LogP contribution in [0.15, 0.2) is 18.2 Å². The molecule has 0 spiro atoms. The third kappa shape index (κ3) is 2.44. The molecule has 1 aromatic heterocycles. The van der Waals surface area contributed by atoms with Gasteiger partial charge in [0.05, 0.1) is 34.6 Å². The van der Waals surface area contributed by atoms with Crippen LogP contribution in [0.2, 0.25) is 0 Å². The lowest BCUT2D eigenvalue weighted by Crippen LogP contribution is -2.22. The van der Waals surface area contributed by atoms with E-state index in [9.17, 15) is 31.7 Å². The number of halogens is 3. The van der Waals surface area contributed by atoms with E-state index in [1.165, 1.54) is 6.92 Å². The van der Waals surface area contributed by atoms with E-state index in [-0.39, 0.29) is 12.1 Å². The molecule has 130 valence electrons. The number of ether oxygens (including phenoxy) is 1. The Morgan fingerprint density at radius 2 is 1.96 bits per heavy atom. The fourth-order valence-corrected chi connectivity index (χ4v) is 3.85. The summed E-state index contributed by atoms with van der Waals surface area (Å²) in [7, 11) is -4.11. The Balaban J connectivity index is 2.56. The monoisotopic (exact) mass is 364 g/mol. The Morgan fingerprint density at radius 1 is 1.38 bits per heavy atom. The van der Waals surface area contributed by atoms with Crippen LogP contribution in [0.5, 0.6) is 0 Å². The van der Waals surface area contributed by atoms with Gasteiger partial charge in [0.1, 0.15) is 5.60 Å². The van der Waals surface area contributed by atoms with Gasteiger partial charge < -0.3 is 4.74 Å². The van der Waals surface area contributed by atoms with Gasteiger partial charge >= 0.3 is 6.18 Å². The summed E-state index contributed by atoms with van der Waals surface area (Å²) in [4.78, 5) is 10.0. The molecule has 24 heavy (non-hydrogen) atoms. The van der Waals surface area contributed by atoms with Gasteiger partial charge in [0.25, 0.3) is 5.69 Å². The number of benzene rings is 1. The molecule has 0 amide bonds. The largest absolute Gasteiger partial charge is 0.418 e. The molecule has 1 aromatic carbocycles. The smallest absolute Gasteiger partial charge is 0.363 e. The summed E-state index contributed by atoms with van der Waals surface area (Å²) in [5, 5.41) is 10.3. The molecule has 1 unspecified atom stereocenters. The molecule has 1 aliphatic rings. The number of aromatic nitrogens is 1. The maximum absolute atomic E-state index is 13.6. The second kappa shape index (κ2) is 4.70. The molecule has 0 radical (unpaired) electrons. The molecule has 0 aliphatic carbocycles. The van der Waals surface area contributed by atoms with Crippen molar-refractivity contribution in [1.82, 2.24) is 3.97 Å². The Hall–Kier alpha value is -2.14. The standard InChI is InChI=1S/C13H11F3N2O5S/c1-12(6-23-12)11-10(13(14,15)16)8-5-7(18(19)20)3-4-9(8)17(11)24(2,21)22/h3-5H,6H2,1-2H3. The molecule has 2 aromatic rings. The van der Waals surface area contributed by atoms with E-state index in [1.54, 1.807) is 0 Å². The van der Waals surface area contributed by atoms with Crippen molar-refractivity contribution >= 4 is 26.6 Å². The van der Waals surface area contributed by atoms with Crippen LogP contribution in [-0.4, -0.2) is 30.2 Å². The van der Waals surface area contributed by atoms with E-state index >= 15 is 0 Å². The first-order chi connectivity index (χ1) is 10.9. The molecule has 0 bridgehead atoms. The first-order valence-corrected chi connectivity index (χ1v) is 8.46. The minimum Gasteiger partial charge on any atom is -0.363 e.